The van der Waals surface area contributed by atoms with E-state index in [1.807, 2.05) is 6.07 Å². The van der Waals surface area contributed by atoms with Gasteiger partial charge >= 0.3 is 0 Å². The van der Waals surface area contributed by atoms with Crippen LogP contribution in [0.2, 0.25) is 5.02 Å². The molecule has 3 nitrogen and oxygen atoms in total. The average Bonchev–Trinajstić information content (AvgIpc) is 2.43. The van der Waals surface area contributed by atoms with Crippen LogP contribution in [0.25, 0.3) is 0 Å². The van der Waals surface area contributed by atoms with E-state index in [2.05, 4.69) is 10.3 Å². The highest BCUT2D eigenvalue weighted by Crippen LogP contribution is 2.17. The van der Waals surface area contributed by atoms with E-state index in [4.69, 9.17) is 16.3 Å². The molecule has 0 saturated carbocycles. The van der Waals surface area contributed by atoms with E-state index in [9.17, 15) is 4.39 Å². The van der Waals surface area contributed by atoms with Crippen LogP contribution in [0.1, 0.15) is 11.1 Å². The summed E-state index contributed by atoms with van der Waals surface area (Å²) >= 11 is 5.98. The van der Waals surface area contributed by atoms with Crippen LogP contribution in [0.5, 0.6) is 5.88 Å². The summed E-state index contributed by atoms with van der Waals surface area (Å²) in [6, 6.07) is 8.06. The molecule has 0 amide bonds. The lowest BCUT2D eigenvalue weighted by molar-refractivity contribution is 0.397. The van der Waals surface area contributed by atoms with Gasteiger partial charge in [0.15, 0.2) is 0 Å². The highest BCUT2D eigenvalue weighted by Gasteiger charge is 2.02. The van der Waals surface area contributed by atoms with Gasteiger partial charge in [0.2, 0.25) is 5.88 Å². The molecule has 1 aromatic carbocycles. The second-order valence-electron chi connectivity index (χ2n) is 4.05. The number of benzene rings is 1. The summed E-state index contributed by atoms with van der Waals surface area (Å²) in [7, 11) is 1.58. The molecule has 0 radical (unpaired) electrons. The molecule has 0 spiro atoms. The van der Waals surface area contributed by atoms with Crippen LogP contribution in [-0.4, -0.2) is 12.1 Å². The number of ether oxygens (including phenoxy) is 1. The van der Waals surface area contributed by atoms with Gasteiger partial charge in [-0.2, -0.15) is 0 Å². The maximum absolute atomic E-state index is 13.1. The number of nitrogens with zero attached hydrogens (tertiary/aromatic N) is 1. The van der Waals surface area contributed by atoms with Gasteiger partial charge in [-0.25, -0.2) is 9.37 Å². The van der Waals surface area contributed by atoms with Crippen molar-refractivity contribution in [1.82, 2.24) is 10.3 Å². The third-order valence-corrected chi connectivity index (χ3v) is 3.03. The standard InChI is InChI=1S/C14H14ClFN2O/c1-19-14-5-2-10(8-18-14)7-17-9-11-6-12(16)3-4-13(11)15/h2-6,8,17H,7,9H2,1H3. The summed E-state index contributed by atoms with van der Waals surface area (Å²) in [4.78, 5) is 4.11. The summed E-state index contributed by atoms with van der Waals surface area (Å²) in [6.45, 7) is 1.13. The lowest BCUT2D eigenvalue weighted by atomic mass is 10.2. The van der Waals surface area contributed by atoms with Crippen LogP contribution in [0, 0.1) is 5.82 Å². The summed E-state index contributed by atoms with van der Waals surface area (Å²) in [6.07, 6.45) is 1.74. The second-order valence-corrected chi connectivity index (χ2v) is 4.46. The fraction of sp³-hybridized carbons (Fsp3) is 0.214. The van der Waals surface area contributed by atoms with Crippen LogP contribution in [0.4, 0.5) is 4.39 Å². The van der Waals surface area contributed by atoms with Crippen molar-refractivity contribution < 1.29 is 9.13 Å². The molecule has 5 heteroatoms. The van der Waals surface area contributed by atoms with E-state index in [1.165, 1.54) is 12.1 Å². The smallest absolute Gasteiger partial charge is 0.212 e. The Balaban J connectivity index is 1.90. The van der Waals surface area contributed by atoms with E-state index >= 15 is 0 Å². The van der Waals surface area contributed by atoms with Crippen LogP contribution < -0.4 is 10.1 Å². The van der Waals surface area contributed by atoms with E-state index in [1.54, 1.807) is 25.4 Å². The van der Waals surface area contributed by atoms with Crippen molar-refractivity contribution in [2.75, 3.05) is 7.11 Å². The van der Waals surface area contributed by atoms with Crippen molar-refractivity contribution in [3.05, 3.63) is 58.5 Å². The maximum atomic E-state index is 13.1. The van der Waals surface area contributed by atoms with Gasteiger partial charge in [0, 0.05) is 30.4 Å². The molecule has 100 valence electrons. The summed E-state index contributed by atoms with van der Waals surface area (Å²) in [5.74, 6) is 0.296. The molecule has 0 atom stereocenters. The molecule has 1 N–H and O–H groups in total. The predicted octanol–water partition coefficient (Wildman–Crippen LogP) is 3.17. The summed E-state index contributed by atoms with van der Waals surface area (Å²) in [5, 5.41) is 3.75. The Kier molecular flexibility index (Phi) is 4.71. The molecule has 0 aliphatic heterocycles. The Labute approximate surface area is 116 Å². The van der Waals surface area contributed by atoms with Crippen LogP contribution in [0.15, 0.2) is 36.5 Å². The molecular formula is C14H14ClFN2O. The lowest BCUT2D eigenvalue weighted by Crippen LogP contribution is -2.13. The number of halogens is 2. The van der Waals surface area contributed by atoms with Crippen LogP contribution in [-0.2, 0) is 13.1 Å². The van der Waals surface area contributed by atoms with E-state index < -0.39 is 0 Å². The van der Waals surface area contributed by atoms with Crippen molar-refractivity contribution in [2.24, 2.45) is 0 Å². The number of hydrogen-bond acceptors (Lipinski definition) is 3. The van der Waals surface area contributed by atoms with E-state index in [-0.39, 0.29) is 5.82 Å². The molecule has 0 bridgehead atoms. The van der Waals surface area contributed by atoms with Crippen LogP contribution >= 0.6 is 11.6 Å². The van der Waals surface area contributed by atoms with Crippen molar-refractivity contribution in [3.63, 3.8) is 0 Å². The van der Waals surface area contributed by atoms with Crippen molar-refractivity contribution >= 4 is 11.6 Å². The van der Waals surface area contributed by atoms with Crippen LogP contribution in [0.3, 0.4) is 0 Å². The molecule has 1 heterocycles. The van der Waals surface area contributed by atoms with Crippen molar-refractivity contribution in [1.29, 1.82) is 0 Å². The van der Waals surface area contributed by atoms with Gasteiger partial charge in [-0.05, 0) is 29.3 Å². The average molecular weight is 281 g/mol. The molecule has 0 unspecified atom stereocenters. The Hall–Kier alpha value is -1.65. The monoisotopic (exact) mass is 280 g/mol. The highest BCUT2D eigenvalue weighted by molar-refractivity contribution is 6.31. The third kappa shape index (κ3) is 3.91. The first-order valence-electron chi connectivity index (χ1n) is 5.82. The quantitative estimate of drug-likeness (QED) is 0.913. The van der Waals surface area contributed by atoms with Crippen molar-refractivity contribution in [2.45, 2.75) is 13.1 Å². The zero-order valence-electron chi connectivity index (χ0n) is 10.5. The van der Waals surface area contributed by atoms with Gasteiger partial charge < -0.3 is 10.1 Å². The maximum Gasteiger partial charge on any atom is 0.212 e. The molecule has 0 saturated heterocycles. The SMILES string of the molecule is COc1ccc(CNCc2cc(F)ccc2Cl)cn1. The first-order chi connectivity index (χ1) is 9.19. The van der Waals surface area contributed by atoms with Gasteiger partial charge in [-0.15, -0.1) is 0 Å². The first-order valence-corrected chi connectivity index (χ1v) is 6.20. The molecule has 1 aromatic heterocycles. The van der Waals surface area contributed by atoms with E-state index in [0.29, 0.717) is 24.0 Å². The molecule has 19 heavy (non-hydrogen) atoms. The minimum absolute atomic E-state index is 0.285. The fourth-order valence-corrected chi connectivity index (χ4v) is 1.84. The molecule has 2 aromatic rings. The third-order valence-electron chi connectivity index (χ3n) is 2.66. The van der Waals surface area contributed by atoms with Gasteiger partial charge in [0.05, 0.1) is 7.11 Å². The molecule has 0 aliphatic carbocycles. The Morgan fingerprint density at radius 3 is 2.79 bits per heavy atom. The van der Waals surface area contributed by atoms with Gasteiger partial charge in [-0.1, -0.05) is 17.7 Å². The Morgan fingerprint density at radius 1 is 1.26 bits per heavy atom. The number of rotatable bonds is 5. The van der Waals surface area contributed by atoms with E-state index in [0.717, 1.165) is 11.1 Å². The Morgan fingerprint density at radius 2 is 2.11 bits per heavy atom. The fourth-order valence-electron chi connectivity index (χ4n) is 1.66. The molecule has 0 fully saturated rings. The second kappa shape index (κ2) is 6.50. The van der Waals surface area contributed by atoms with Gasteiger partial charge in [-0.3, -0.25) is 0 Å². The number of hydrogen-bond donors (Lipinski definition) is 1. The number of aromatic nitrogens is 1. The van der Waals surface area contributed by atoms with Crippen molar-refractivity contribution in [3.8, 4) is 5.88 Å². The summed E-state index contributed by atoms with van der Waals surface area (Å²) < 4.78 is 18.1. The molecule has 2 rings (SSSR count). The summed E-state index contributed by atoms with van der Waals surface area (Å²) in [5.41, 5.74) is 1.76. The topological polar surface area (TPSA) is 34.1 Å². The molecular weight excluding hydrogens is 267 g/mol. The number of pyridine rings is 1. The zero-order valence-corrected chi connectivity index (χ0v) is 11.2. The van der Waals surface area contributed by atoms with Gasteiger partial charge in [0.25, 0.3) is 0 Å². The number of nitrogens with one attached hydrogen (secondary N) is 1. The van der Waals surface area contributed by atoms with Gasteiger partial charge in [0.1, 0.15) is 5.82 Å². The number of methoxy groups -OCH3 is 1. The first kappa shape index (κ1) is 13.8. The Bertz CT molecular complexity index is 546. The lowest BCUT2D eigenvalue weighted by Gasteiger charge is -2.07. The largest absolute Gasteiger partial charge is 0.481 e. The highest BCUT2D eigenvalue weighted by atomic mass is 35.5. The molecule has 0 aliphatic rings. The normalized spacial score (nSPS) is 10.5. The predicted molar refractivity (Wildman–Crippen MR) is 72.7 cm³/mol. The zero-order chi connectivity index (χ0) is 13.7. The minimum Gasteiger partial charge on any atom is -0.481 e. The minimum atomic E-state index is -0.285.